The number of hydrogen-bond donors (Lipinski definition) is 2. The minimum Gasteiger partial charge on any atom is -0.496 e. The molecule has 2 N–H and O–H groups in total. The van der Waals surface area contributed by atoms with Gasteiger partial charge in [0.2, 0.25) is 11.8 Å². The number of methoxy groups -OCH3 is 1. The van der Waals surface area contributed by atoms with Gasteiger partial charge in [-0.2, -0.15) is 0 Å². The predicted molar refractivity (Wildman–Crippen MR) is 119 cm³/mol. The Morgan fingerprint density at radius 3 is 2.48 bits per heavy atom. The van der Waals surface area contributed by atoms with Crippen molar-refractivity contribution in [3.05, 3.63) is 35.9 Å². The first-order valence-electron chi connectivity index (χ1n) is 10.5. The molecule has 2 rings (SSSR count). The summed E-state index contributed by atoms with van der Waals surface area (Å²) in [6, 6.07) is 7.54. The molecule has 0 radical (unpaired) electrons. The molecule has 8 heteroatoms. The number of nitrogens with zero attached hydrogens (tertiary/aromatic N) is 1. The maximum absolute atomic E-state index is 12.5. The summed E-state index contributed by atoms with van der Waals surface area (Å²) in [5, 5.41) is 5.54. The van der Waals surface area contributed by atoms with Crippen LogP contribution in [0.5, 0.6) is 5.75 Å². The standard InChI is InChI=1S/C23H33N3O5/c1-23(2,3)31-22(29)24-14-11-20(27)25-18-12-15-26(16-13-18)21(28)10-9-17-7-5-6-8-19(17)30-4/h5-10,18H,11-16H2,1-4H3,(H,24,29)(H,25,27)/b10-9+. The van der Waals surface area contributed by atoms with E-state index in [9.17, 15) is 14.4 Å². The highest BCUT2D eigenvalue weighted by Crippen LogP contribution is 2.19. The number of likely N-dealkylation sites (tertiary alicyclic amines) is 1. The van der Waals surface area contributed by atoms with E-state index in [1.807, 2.05) is 24.3 Å². The van der Waals surface area contributed by atoms with E-state index >= 15 is 0 Å². The Kier molecular flexibility index (Phi) is 8.90. The maximum atomic E-state index is 12.5. The Bertz CT molecular complexity index is 793. The fourth-order valence-corrected chi connectivity index (χ4v) is 3.21. The highest BCUT2D eigenvalue weighted by molar-refractivity contribution is 5.92. The average Bonchev–Trinajstić information content (AvgIpc) is 2.71. The first-order valence-corrected chi connectivity index (χ1v) is 10.5. The molecule has 0 unspecified atom stereocenters. The molecule has 0 aromatic heterocycles. The first kappa shape index (κ1) is 24.2. The van der Waals surface area contributed by atoms with Crippen molar-refractivity contribution in [2.45, 2.75) is 51.7 Å². The van der Waals surface area contributed by atoms with Crippen LogP contribution in [0.25, 0.3) is 6.08 Å². The summed E-state index contributed by atoms with van der Waals surface area (Å²) >= 11 is 0. The molecule has 1 aromatic rings. The zero-order valence-corrected chi connectivity index (χ0v) is 18.8. The Labute approximate surface area is 184 Å². The van der Waals surface area contributed by atoms with Crippen LogP contribution in [0, 0.1) is 0 Å². The van der Waals surface area contributed by atoms with Crippen LogP contribution in [-0.4, -0.2) is 61.2 Å². The van der Waals surface area contributed by atoms with E-state index in [0.717, 1.165) is 5.56 Å². The van der Waals surface area contributed by atoms with Gasteiger partial charge in [0, 0.05) is 43.7 Å². The third kappa shape index (κ3) is 8.70. The van der Waals surface area contributed by atoms with Gasteiger partial charge in [0.25, 0.3) is 0 Å². The molecule has 1 saturated heterocycles. The van der Waals surface area contributed by atoms with Crippen molar-refractivity contribution < 1.29 is 23.9 Å². The molecule has 1 heterocycles. The molecule has 1 aromatic carbocycles. The summed E-state index contributed by atoms with van der Waals surface area (Å²) in [6.45, 7) is 6.72. The Morgan fingerprint density at radius 1 is 1.16 bits per heavy atom. The molecule has 1 fully saturated rings. The Morgan fingerprint density at radius 2 is 1.84 bits per heavy atom. The molecule has 8 nitrogen and oxygen atoms in total. The highest BCUT2D eigenvalue weighted by atomic mass is 16.6. The molecule has 1 aliphatic rings. The quantitative estimate of drug-likeness (QED) is 0.647. The summed E-state index contributed by atoms with van der Waals surface area (Å²) in [4.78, 5) is 37.9. The van der Waals surface area contributed by atoms with Crippen molar-refractivity contribution >= 4 is 24.0 Å². The lowest BCUT2D eigenvalue weighted by molar-refractivity contribution is -0.127. The second kappa shape index (κ2) is 11.4. The lowest BCUT2D eigenvalue weighted by atomic mass is 10.0. The number of carbonyl (C=O) groups is 3. The second-order valence-corrected chi connectivity index (χ2v) is 8.42. The van der Waals surface area contributed by atoms with Crippen LogP contribution in [0.1, 0.15) is 45.6 Å². The van der Waals surface area contributed by atoms with Crippen LogP contribution in [0.2, 0.25) is 0 Å². The Hall–Kier alpha value is -3.03. The van der Waals surface area contributed by atoms with Crippen molar-refractivity contribution in [3.8, 4) is 5.75 Å². The van der Waals surface area contributed by atoms with Gasteiger partial charge in [0.15, 0.2) is 0 Å². The van der Waals surface area contributed by atoms with Crippen molar-refractivity contribution in [1.29, 1.82) is 0 Å². The van der Waals surface area contributed by atoms with Gasteiger partial charge >= 0.3 is 6.09 Å². The normalized spacial score (nSPS) is 14.9. The van der Waals surface area contributed by atoms with E-state index in [4.69, 9.17) is 9.47 Å². The van der Waals surface area contributed by atoms with E-state index in [-0.39, 0.29) is 30.8 Å². The van der Waals surface area contributed by atoms with Gasteiger partial charge in [-0.3, -0.25) is 9.59 Å². The number of amides is 3. The largest absolute Gasteiger partial charge is 0.496 e. The van der Waals surface area contributed by atoms with Gasteiger partial charge in [-0.25, -0.2) is 4.79 Å². The molecule has 0 bridgehead atoms. The highest BCUT2D eigenvalue weighted by Gasteiger charge is 2.23. The number of alkyl carbamates (subject to hydrolysis) is 1. The lowest BCUT2D eigenvalue weighted by Crippen LogP contribution is -2.46. The number of carbonyl (C=O) groups excluding carboxylic acids is 3. The summed E-state index contributed by atoms with van der Waals surface area (Å²) < 4.78 is 10.4. The second-order valence-electron chi connectivity index (χ2n) is 8.42. The molecule has 0 saturated carbocycles. The Balaban J connectivity index is 1.69. The molecule has 170 valence electrons. The summed E-state index contributed by atoms with van der Waals surface area (Å²) in [7, 11) is 1.60. The van der Waals surface area contributed by atoms with E-state index in [0.29, 0.717) is 31.7 Å². The molecule has 3 amide bonds. The van der Waals surface area contributed by atoms with Crippen molar-refractivity contribution in [3.63, 3.8) is 0 Å². The van der Waals surface area contributed by atoms with Gasteiger partial charge in [-0.15, -0.1) is 0 Å². The SMILES string of the molecule is COc1ccccc1/C=C/C(=O)N1CCC(NC(=O)CCNC(=O)OC(C)(C)C)CC1. The van der Waals surface area contributed by atoms with Crippen LogP contribution >= 0.6 is 0 Å². The van der Waals surface area contributed by atoms with E-state index in [1.54, 1.807) is 44.9 Å². The zero-order valence-electron chi connectivity index (χ0n) is 18.8. The average molecular weight is 432 g/mol. The van der Waals surface area contributed by atoms with Crippen LogP contribution < -0.4 is 15.4 Å². The molecular formula is C23H33N3O5. The van der Waals surface area contributed by atoms with E-state index in [2.05, 4.69) is 10.6 Å². The number of hydrogen-bond acceptors (Lipinski definition) is 5. The number of para-hydroxylation sites is 1. The molecule has 0 atom stereocenters. The monoisotopic (exact) mass is 431 g/mol. The maximum Gasteiger partial charge on any atom is 0.407 e. The van der Waals surface area contributed by atoms with E-state index in [1.165, 1.54) is 0 Å². The minimum atomic E-state index is -0.569. The lowest BCUT2D eigenvalue weighted by Gasteiger charge is -2.31. The third-order valence-corrected chi connectivity index (χ3v) is 4.74. The van der Waals surface area contributed by atoms with Gasteiger partial charge < -0.3 is 25.0 Å². The predicted octanol–water partition coefficient (Wildman–Crippen LogP) is 2.73. The van der Waals surface area contributed by atoms with Gasteiger partial charge in [-0.05, 0) is 45.8 Å². The summed E-state index contributed by atoms with van der Waals surface area (Å²) in [5.41, 5.74) is 0.278. The number of ether oxygens (including phenoxy) is 2. The van der Waals surface area contributed by atoms with Gasteiger partial charge in [0.05, 0.1) is 7.11 Å². The molecule has 31 heavy (non-hydrogen) atoms. The molecule has 0 spiro atoms. The molecule has 1 aliphatic heterocycles. The molecule has 0 aliphatic carbocycles. The van der Waals surface area contributed by atoms with Crippen LogP contribution in [-0.2, 0) is 14.3 Å². The number of nitrogens with one attached hydrogen (secondary N) is 2. The minimum absolute atomic E-state index is 0.0243. The summed E-state index contributed by atoms with van der Waals surface area (Å²) in [5.74, 6) is 0.531. The fourth-order valence-electron chi connectivity index (χ4n) is 3.21. The first-order chi connectivity index (χ1) is 14.7. The van der Waals surface area contributed by atoms with Crippen LogP contribution in [0.4, 0.5) is 4.79 Å². The van der Waals surface area contributed by atoms with Crippen molar-refractivity contribution in [1.82, 2.24) is 15.5 Å². The van der Waals surface area contributed by atoms with Gasteiger partial charge in [0.1, 0.15) is 11.4 Å². The number of benzene rings is 1. The van der Waals surface area contributed by atoms with Crippen LogP contribution in [0.15, 0.2) is 30.3 Å². The number of rotatable bonds is 7. The summed E-state index contributed by atoms with van der Waals surface area (Å²) in [6.07, 6.45) is 4.35. The van der Waals surface area contributed by atoms with E-state index < -0.39 is 11.7 Å². The fraction of sp³-hybridized carbons (Fsp3) is 0.522. The van der Waals surface area contributed by atoms with Crippen molar-refractivity contribution in [2.75, 3.05) is 26.7 Å². The smallest absolute Gasteiger partial charge is 0.407 e. The number of piperidine rings is 1. The zero-order chi connectivity index (χ0) is 22.9. The van der Waals surface area contributed by atoms with Gasteiger partial charge in [-0.1, -0.05) is 18.2 Å². The van der Waals surface area contributed by atoms with Crippen molar-refractivity contribution in [2.24, 2.45) is 0 Å². The third-order valence-electron chi connectivity index (χ3n) is 4.74. The molecular weight excluding hydrogens is 398 g/mol. The topological polar surface area (TPSA) is 97.0 Å². The van der Waals surface area contributed by atoms with Crippen LogP contribution in [0.3, 0.4) is 0 Å².